The first kappa shape index (κ1) is 13.9. The van der Waals surface area contributed by atoms with Crippen molar-refractivity contribution < 1.29 is 9.90 Å². The SMILES string of the molecule is CCc1c(C(=O)N2CCCCC2CO)cnc2ncnn12. The molecule has 1 aliphatic rings. The number of amides is 1. The van der Waals surface area contributed by atoms with Crippen molar-refractivity contribution in [3.8, 4) is 0 Å². The number of hydrogen-bond acceptors (Lipinski definition) is 5. The van der Waals surface area contributed by atoms with Gasteiger partial charge in [0.25, 0.3) is 11.7 Å². The Bertz CT molecular complexity index is 654. The van der Waals surface area contributed by atoms with E-state index in [9.17, 15) is 9.90 Å². The van der Waals surface area contributed by atoms with Crippen molar-refractivity contribution in [1.82, 2.24) is 24.5 Å². The molecule has 1 N–H and O–H groups in total. The fraction of sp³-hybridized carbons (Fsp3) is 0.571. The largest absolute Gasteiger partial charge is 0.394 e. The van der Waals surface area contributed by atoms with Crippen molar-refractivity contribution in [2.75, 3.05) is 13.2 Å². The summed E-state index contributed by atoms with van der Waals surface area (Å²) in [5.74, 6) is 0.427. The number of piperidine rings is 1. The highest BCUT2D eigenvalue weighted by Gasteiger charge is 2.29. The number of aryl methyl sites for hydroxylation is 1. The van der Waals surface area contributed by atoms with Crippen molar-refractivity contribution in [2.24, 2.45) is 0 Å². The Hall–Kier alpha value is -2.02. The Morgan fingerprint density at radius 2 is 2.29 bits per heavy atom. The van der Waals surface area contributed by atoms with Crippen LogP contribution in [0.2, 0.25) is 0 Å². The van der Waals surface area contributed by atoms with Crippen molar-refractivity contribution >= 4 is 11.7 Å². The molecule has 1 saturated heterocycles. The molecule has 3 heterocycles. The van der Waals surface area contributed by atoms with Gasteiger partial charge in [-0.05, 0) is 25.7 Å². The molecule has 2 aromatic heterocycles. The van der Waals surface area contributed by atoms with Gasteiger partial charge in [-0.15, -0.1) is 0 Å². The van der Waals surface area contributed by atoms with E-state index in [4.69, 9.17) is 0 Å². The first-order valence-electron chi connectivity index (χ1n) is 7.35. The molecule has 0 radical (unpaired) electrons. The normalized spacial score (nSPS) is 19.1. The number of aromatic nitrogens is 4. The van der Waals surface area contributed by atoms with Gasteiger partial charge in [-0.2, -0.15) is 10.1 Å². The van der Waals surface area contributed by atoms with Gasteiger partial charge < -0.3 is 10.0 Å². The summed E-state index contributed by atoms with van der Waals surface area (Å²) in [5, 5.41) is 13.6. The predicted molar refractivity (Wildman–Crippen MR) is 75.9 cm³/mol. The number of carbonyl (C=O) groups is 1. The van der Waals surface area contributed by atoms with Crippen LogP contribution in [0.4, 0.5) is 0 Å². The van der Waals surface area contributed by atoms with Gasteiger partial charge in [-0.1, -0.05) is 6.92 Å². The van der Waals surface area contributed by atoms with Gasteiger partial charge in [-0.3, -0.25) is 4.79 Å². The van der Waals surface area contributed by atoms with Gasteiger partial charge in [-0.25, -0.2) is 9.50 Å². The Morgan fingerprint density at radius 1 is 1.43 bits per heavy atom. The molecular weight excluding hydrogens is 270 g/mol. The third-order valence-corrected chi connectivity index (χ3v) is 4.07. The third kappa shape index (κ3) is 2.37. The topological polar surface area (TPSA) is 83.6 Å². The Labute approximate surface area is 122 Å². The number of aliphatic hydroxyl groups excluding tert-OH is 1. The molecule has 0 spiro atoms. The van der Waals surface area contributed by atoms with Crippen molar-refractivity contribution in [3.05, 3.63) is 23.8 Å². The molecule has 112 valence electrons. The van der Waals surface area contributed by atoms with E-state index in [1.807, 2.05) is 6.92 Å². The Balaban J connectivity index is 2.00. The molecule has 0 saturated carbocycles. The van der Waals surface area contributed by atoms with Gasteiger partial charge in [0.1, 0.15) is 6.33 Å². The molecule has 1 aliphatic heterocycles. The number of likely N-dealkylation sites (tertiary alicyclic amines) is 1. The lowest BCUT2D eigenvalue weighted by atomic mass is 10.0. The maximum Gasteiger partial charge on any atom is 0.257 e. The van der Waals surface area contributed by atoms with E-state index in [1.165, 1.54) is 6.33 Å². The minimum Gasteiger partial charge on any atom is -0.394 e. The second-order valence-corrected chi connectivity index (χ2v) is 5.27. The molecule has 1 fully saturated rings. The Kier molecular flexibility index (Phi) is 3.83. The quantitative estimate of drug-likeness (QED) is 0.898. The lowest BCUT2D eigenvalue weighted by molar-refractivity contribution is 0.0501. The van der Waals surface area contributed by atoms with Crippen LogP contribution in [0.1, 0.15) is 42.2 Å². The summed E-state index contributed by atoms with van der Waals surface area (Å²) in [5.41, 5.74) is 1.36. The third-order valence-electron chi connectivity index (χ3n) is 4.07. The minimum absolute atomic E-state index is 0.00615. The van der Waals surface area contributed by atoms with E-state index >= 15 is 0 Å². The molecule has 1 amide bonds. The van der Waals surface area contributed by atoms with Crippen molar-refractivity contribution in [1.29, 1.82) is 0 Å². The molecule has 21 heavy (non-hydrogen) atoms. The van der Waals surface area contributed by atoms with Crippen LogP contribution in [-0.2, 0) is 6.42 Å². The molecule has 0 aliphatic carbocycles. The number of nitrogens with zero attached hydrogens (tertiary/aromatic N) is 5. The van der Waals surface area contributed by atoms with E-state index in [1.54, 1.807) is 15.6 Å². The number of hydrogen-bond donors (Lipinski definition) is 1. The maximum absolute atomic E-state index is 12.8. The van der Waals surface area contributed by atoms with Gasteiger partial charge in [0.2, 0.25) is 0 Å². The van der Waals surface area contributed by atoms with Crippen LogP contribution < -0.4 is 0 Å². The predicted octanol–water partition coefficient (Wildman–Crippen LogP) is 0.674. The lowest BCUT2D eigenvalue weighted by Gasteiger charge is -2.34. The fourth-order valence-electron chi connectivity index (χ4n) is 2.96. The molecule has 3 rings (SSSR count). The van der Waals surface area contributed by atoms with Gasteiger partial charge >= 0.3 is 0 Å². The van der Waals surface area contributed by atoms with Crippen LogP contribution in [0.5, 0.6) is 0 Å². The summed E-state index contributed by atoms with van der Waals surface area (Å²) in [6.07, 6.45) is 6.56. The summed E-state index contributed by atoms with van der Waals surface area (Å²) in [7, 11) is 0. The van der Waals surface area contributed by atoms with Crippen LogP contribution in [0.3, 0.4) is 0 Å². The van der Waals surface area contributed by atoms with E-state index in [0.717, 1.165) is 25.0 Å². The van der Waals surface area contributed by atoms with Crippen molar-refractivity contribution in [3.63, 3.8) is 0 Å². The highest BCUT2D eigenvalue weighted by atomic mass is 16.3. The maximum atomic E-state index is 12.8. The van der Waals surface area contributed by atoms with Crippen LogP contribution in [0.25, 0.3) is 5.78 Å². The summed E-state index contributed by atoms with van der Waals surface area (Å²) in [6, 6.07) is -0.0950. The number of fused-ring (bicyclic) bond motifs is 1. The number of rotatable bonds is 3. The highest BCUT2D eigenvalue weighted by molar-refractivity contribution is 5.95. The second-order valence-electron chi connectivity index (χ2n) is 5.27. The highest BCUT2D eigenvalue weighted by Crippen LogP contribution is 2.21. The number of carbonyl (C=O) groups excluding carboxylic acids is 1. The molecule has 1 unspecified atom stereocenters. The van der Waals surface area contributed by atoms with Gasteiger partial charge in [0, 0.05) is 12.7 Å². The molecule has 0 bridgehead atoms. The van der Waals surface area contributed by atoms with Crippen LogP contribution >= 0.6 is 0 Å². The van der Waals surface area contributed by atoms with E-state index in [0.29, 0.717) is 24.3 Å². The lowest BCUT2D eigenvalue weighted by Crippen LogP contribution is -2.46. The molecule has 7 heteroatoms. The standard InChI is InChI=1S/C14H19N5O2/c1-2-12-11(7-15-14-16-9-17-19(12)14)13(21)18-6-4-3-5-10(18)8-20/h7,9-10,20H,2-6,8H2,1H3. The zero-order valence-corrected chi connectivity index (χ0v) is 12.1. The average Bonchev–Trinajstić information content (AvgIpc) is 3.01. The summed E-state index contributed by atoms with van der Waals surface area (Å²) < 4.78 is 1.62. The van der Waals surface area contributed by atoms with Crippen LogP contribution in [0.15, 0.2) is 12.5 Å². The summed E-state index contributed by atoms with van der Waals surface area (Å²) >= 11 is 0. The van der Waals surface area contributed by atoms with Crippen LogP contribution in [-0.4, -0.2) is 54.7 Å². The first-order valence-corrected chi connectivity index (χ1v) is 7.35. The Morgan fingerprint density at radius 3 is 3.05 bits per heavy atom. The van der Waals surface area contributed by atoms with Gasteiger partial charge in [0.05, 0.1) is 23.9 Å². The molecule has 0 aromatic carbocycles. The van der Waals surface area contributed by atoms with E-state index in [-0.39, 0.29) is 18.6 Å². The molecule has 2 aromatic rings. The van der Waals surface area contributed by atoms with E-state index < -0.39 is 0 Å². The first-order chi connectivity index (χ1) is 10.3. The van der Waals surface area contributed by atoms with Gasteiger partial charge in [0.15, 0.2) is 0 Å². The summed E-state index contributed by atoms with van der Waals surface area (Å²) in [6.45, 7) is 2.67. The molecular formula is C14H19N5O2. The van der Waals surface area contributed by atoms with Crippen molar-refractivity contribution in [2.45, 2.75) is 38.6 Å². The zero-order chi connectivity index (χ0) is 14.8. The molecule has 1 atom stereocenters. The minimum atomic E-state index is -0.0950. The van der Waals surface area contributed by atoms with Crippen LogP contribution in [0, 0.1) is 0 Å². The zero-order valence-electron chi connectivity index (χ0n) is 12.1. The smallest absolute Gasteiger partial charge is 0.257 e. The average molecular weight is 289 g/mol. The monoisotopic (exact) mass is 289 g/mol. The summed E-state index contributed by atoms with van der Waals surface area (Å²) in [4.78, 5) is 22.8. The number of aliphatic hydroxyl groups is 1. The fourth-order valence-corrected chi connectivity index (χ4v) is 2.96. The van der Waals surface area contributed by atoms with E-state index in [2.05, 4.69) is 15.1 Å². The molecule has 7 nitrogen and oxygen atoms in total. The second kappa shape index (κ2) is 5.77.